The van der Waals surface area contributed by atoms with Gasteiger partial charge < -0.3 is 5.32 Å². The molecule has 0 bridgehead atoms. The summed E-state index contributed by atoms with van der Waals surface area (Å²) in [5.74, 6) is 2.61. The van der Waals surface area contributed by atoms with Crippen LogP contribution >= 0.6 is 0 Å². The normalized spacial score (nSPS) is 18.0. The molecule has 0 spiro atoms. The van der Waals surface area contributed by atoms with E-state index >= 15 is 0 Å². The smallest absolute Gasteiger partial charge is 0.231 e. The van der Waals surface area contributed by atoms with E-state index in [1.807, 2.05) is 30.5 Å². The Kier molecular flexibility index (Phi) is 3.39. The van der Waals surface area contributed by atoms with Gasteiger partial charge in [-0.1, -0.05) is 12.0 Å². The van der Waals surface area contributed by atoms with Crippen LogP contribution in [0.3, 0.4) is 0 Å². The number of terminal acetylenes is 1. The van der Waals surface area contributed by atoms with Crippen LogP contribution in [-0.4, -0.2) is 33.6 Å². The molecule has 1 aliphatic heterocycles. The zero-order valence-electron chi connectivity index (χ0n) is 12.1. The number of carbonyl (C=O) groups excluding carboxylic acids is 1. The summed E-state index contributed by atoms with van der Waals surface area (Å²) in [7, 11) is 1.59. The van der Waals surface area contributed by atoms with Crippen molar-refractivity contribution in [2.45, 2.75) is 12.5 Å². The van der Waals surface area contributed by atoms with E-state index in [-0.39, 0.29) is 17.9 Å². The van der Waals surface area contributed by atoms with Crippen LogP contribution < -0.4 is 5.32 Å². The van der Waals surface area contributed by atoms with E-state index in [0.29, 0.717) is 6.42 Å². The molecule has 3 rings (SSSR count). The lowest BCUT2D eigenvalue weighted by Gasteiger charge is -2.30. The predicted octanol–water partition coefficient (Wildman–Crippen LogP) is 1.28. The van der Waals surface area contributed by atoms with Gasteiger partial charge in [-0.25, -0.2) is 4.68 Å². The maximum atomic E-state index is 11.8. The lowest BCUT2D eigenvalue weighted by atomic mass is 10.1. The van der Waals surface area contributed by atoms with Crippen LogP contribution in [0.4, 0.5) is 0 Å². The number of hydrogen-bond acceptors (Lipinski definition) is 3. The largest absolute Gasteiger partial charge is 0.349 e. The highest BCUT2D eigenvalue weighted by molar-refractivity contribution is 5.98. The topological polar surface area (TPSA) is 74.0 Å². The van der Waals surface area contributed by atoms with Crippen LogP contribution in [0.1, 0.15) is 23.6 Å². The van der Waals surface area contributed by atoms with Crippen LogP contribution in [0.2, 0.25) is 0 Å². The molecule has 22 heavy (non-hydrogen) atoms. The van der Waals surface area contributed by atoms with E-state index in [2.05, 4.69) is 16.3 Å². The van der Waals surface area contributed by atoms with E-state index in [4.69, 9.17) is 11.8 Å². The third-order valence-corrected chi connectivity index (χ3v) is 3.68. The Morgan fingerprint density at radius 2 is 2.32 bits per heavy atom. The average molecular weight is 293 g/mol. The number of hydrogen-bond donors (Lipinski definition) is 2. The van der Waals surface area contributed by atoms with Gasteiger partial charge in [-0.2, -0.15) is 5.10 Å². The second-order valence-electron chi connectivity index (χ2n) is 5.12. The number of nitrogens with one attached hydrogen (secondary N) is 2. The molecule has 0 unspecified atom stereocenters. The third kappa shape index (κ3) is 2.44. The lowest BCUT2D eigenvalue weighted by Crippen LogP contribution is -2.49. The molecule has 0 radical (unpaired) electrons. The fraction of sp³-hybridized carbons (Fsp3) is 0.188. The van der Waals surface area contributed by atoms with Crippen molar-refractivity contribution >= 4 is 11.9 Å². The molecule has 2 aromatic rings. The summed E-state index contributed by atoms with van der Waals surface area (Å²) < 4.78 is 1.71. The minimum atomic E-state index is -0.235. The number of amides is 1. The number of benzene rings is 1. The second kappa shape index (κ2) is 5.37. The van der Waals surface area contributed by atoms with Gasteiger partial charge in [0.05, 0.1) is 24.3 Å². The molecule has 1 fully saturated rings. The molecular formula is C16H15N5O. The fourth-order valence-corrected chi connectivity index (χ4v) is 2.35. The van der Waals surface area contributed by atoms with Gasteiger partial charge in [0.15, 0.2) is 5.96 Å². The second-order valence-corrected chi connectivity index (χ2v) is 5.12. The summed E-state index contributed by atoms with van der Waals surface area (Å²) in [4.78, 5) is 13.1. The predicted molar refractivity (Wildman–Crippen MR) is 82.5 cm³/mol. The molecule has 2 heterocycles. The quantitative estimate of drug-likeness (QED) is 0.819. The molecule has 2 N–H and O–H groups in total. The number of guanidine groups is 1. The number of rotatable bonds is 2. The molecular weight excluding hydrogens is 278 g/mol. The number of carbonyl (C=O) groups is 1. The molecule has 6 heteroatoms. The van der Waals surface area contributed by atoms with Crippen LogP contribution in [0.25, 0.3) is 5.69 Å². The maximum Gasteiger partial charge on any atom is 0.231 e. The zero-order chi connectivity index (χ0) is 15.7. The molecule has 1 atom stereocenters. The lowest BCUT2D eigenvalue weighted by molar-refractivity contribution is -0.128. The highest BCUT2D eigenvalue weighted by Gasteiger charge is 2.28. The summed E-state index contributed by atoms with van der Waals surface area (Å²) in [6.07, 6.45) is 9.25. The van der Waals surface area contributed by atoms with Gasteiger partial charge >= 0.3 is 0 Å². The van der Waals surface area contributed by atoms with Crippen molar-refractivity contribution in [3.8, 4) is 18.0 Å². The number of aromatic nitrogens is 2. The van der Waals surface area contributed by atoms with Gasteiger partial charge in [0, 0.05) is 24.4 Å². The summed E-state index contributed by atoms with van der Waals surface area (Å²) in [6.45, 7) is 0. The molecule has 6 nitrogen and oxygen atoms in total. The Hall–Kier alpha value is -3.07. The van der Waals surface area contributed by atoms with Crippen LogP contribution in [0.5, 0.6) is 0 Å². The van der Waals surface area contributed by atoms with E-state index in [9.17, 15) is 4.79 Å². The van der Waals surface area contributed by atoms with E-state index in [1.165, 1.54) is 4.90 Å². The van der Waals surface area contributed by atoms with E-state index in [0.717, 1.165) is 16.8 Å². The first-order valence-corrected chi connectivity index (χ1v) is 6.82. The van der Waals surface area contributed by atoms with Gasteiger partial charge in [-0.3, -0.25) is 15.1 Å². The van der Waals surface area contributed by atoms with Crippen LogP contribution in [0.15, 0.2) is 36.7 Å². The molecule has 1 saturated heterocycles. The molecule has 0 aliphatic carbocycles. The van der Waals surface area contributed by atoms with Crippen molar-refractivity contribution in [3.63, 3.8) is 0 Å². The van der Waals surface area contributed by atoms with Crippen molar-refractivity contribution < 1.29 is 4.79 Å². The average Bonchev–Trinajstić information content (AvgIpc) is 3.02. The van der Waals surface area contributed by atoms with Crippen molar-refractivity contribution in [2.24, 2.45) is 0 Å². The Morgan fingerprint density at radius 1 is 1.50 bits per heavy atom. The molecule has 1 amide bonds. The minimum absolute atomic E-state index is 0.0872. The number of nitrogens with zero attached hydrogens (tertiary/aromatic N) is 3. The Balaban J connectivity index is 1.86. The first-order chi connectivity index (χ1) is 10.6. The van der Waals surface area contributed by atoms with Crippen molar-refractivity contribution in [1.29, 1.82) is 5.41 Å². The van der Waals surface area contributed by atoms with Crippen molar-refractivity contribution in [2.75, 3.05) is 7.05 Å². The van der Waals surface area contributed by atoms with Crippen molar-refractivity contribution in [1.82, 2.24) is 20.0 Å². The third-order valence-electron chi connectivity index (χ3n) is 3.68. The van der Waals surface area contributed by atoms with Crippen LogP contribution in [0, 0.1) is 17.8 Å². The van der Waals surface area contributed by atoms with Crippen molar-refractivity contribution in [3.05, 3.63) is 47.8 Å². The van der Waals surface area contributed by atoms with Gasteiger partial charge in [0.25, 0.3) is 0 Å². The Bertz CT molecular complexity index is 768. The van der Waals surface area contributed by atoms with Gasteiger partial charge in [-0.15, -0.1) is 6.42 Å². The van der Waals surface area contributed by atoms with Crippen LogP contribution in [-0.2, 0) is 4.79 Å². The monoisotopic (exact) mass is 293 g/mol. The van der Waals surface area contributed by atoms with Gasteiger partial charge in [0.2, 0.25) is 5.91 Å². The highest BCUT2D eigenvalue weighted by Crippen LogP contribution is 2.22. The minimum Gasteiger partial charge on any atom is -0.349 e. The maximum absolute atomic E-state index is 11.8. The molecule has 1 aromatic heterocycles. The highest BCUT2D eigenvalue weighted by atomic mass is 16.2. The Morgan fingerprint density at radius 3 is 3.05 bits per heavy atom. The molecule has 110 valence electrons. The summed E-state index contributed by atoms with van der Waals surface area (Å²) >= 11 is 0. The Labute approximate surface area is 128 Å². The van der Waals surface area contributed by atoms with E-state index in [1.54, 1.807) is 17.9 Å². The summed E-state index contributed by atoms with van der Waals surface area (Å²) in [5, 5.41) is 15.1. The van der Waals surface area contributed by atoms with E-state index < -0.39 is 0 Å². The first-order valence-electron chi connectivity index (χ1n) is 6.82. The molecule has 1 aromatic carbocycles. The fourth-order valence-electron chi connectivity index (χ4n) is 2.35. The summed E-state index contributed by atoms with van der Waals surface area (Å²) in [5.41, 5.74) is 2.50. The van der Waals surface area contributed by atoms with Gasteiger partial charge in [0.1, 0.15) is 0 Å². The first kappa shape index (κ1) is 13.9. The zero-order valence-corrected chi connectivity index (χ0v) is 12.1. The standard InChI is InChI=1S/C16H15N5O/c1-3-11-5-4-6-13(7-11)21-10-12(9-18-21)14-8-15(22)20(2)16(17)19-14/h1,4-7,9-10,14H,8H2,2H3,(H2,17,19)/t14-/m0/s1. The van der Waals surface area contributed by atoms with Gasteiger partial charge in [-0.05, 0) is 18.2 Å². The molecule has 0 saturated carbocycles. The molecule has 1 aliphatic rings. The SMILES string of the molecule is C#Cc1cccc(-n2cc([C@@H]3CC(=O)N(C)C(=N)N3)cn2)c1. The summed E-state index contributed by atoms with van der Waals surface area (Å²) in [6, 6.07) is 7.27.